The third-order valence-electron chi connectivity index (χ3n) is 2.45. The van der Waals surface area contributed by atoms with Crippen LogP contribution in [0.2, 0.25) is 0 Å². The number of nitrogens with one attached hydrogen (secondary N) is 1. The summed E-state index contributed by atoms with van der Waals surface area (Å²) >= 11 is 0. The van der Waals surface area contributed by atoms with Crippen LogP contribution in [0, 0.1) is 11.6 Å². The number of nitrogens with two attached hydrogens (primary N) is 1. The lowest BCUT2D eigenvalue weighted by molar-refractivity contribution is 0.400. The van der Waals surface area contributed by atoms with E-state index >= 15 is 0 Å². The Balaban J connectivity index is 2.81. The number of halogens is 2. The smallest absolute Gasteiger partial charge is 0.243 e. The van der Waals surface area contributed by atoms with Gasteiger partial charge in [-0.05, 0) is 39.2 Å². The first-order valence-electron chi connectivity index (χ1n) is 5.63. The first kappa shape index (κ1) is 15.8. The molecule has 0 aliphatic carbocycles. The van der Waals surface area contributed by atoms with Gasteiger partial charge >= 0.3 is 0 Å². The number of anilines is 1. The standard InChI is InChI=1S/C11H17F2N3O2S/c1-16(2)7-3-6-15-19(17,18)9-5-4-8(12)11(14)10(9)13/h4-5,15H,3,6-7,14H2,1-2H3. The fourth-order valence-electron chi connectivity index (χ4n) is 1.44. The summed E-state index contributed by atoms with van der Waals surface area (Å²) in [5.74, 6) is -2.25. The van der Waals surface area contributed by atoms with Crippen molar-refractivity contribution in [3.8, 4) is 0 Å². The van der Waals surface area contributed by atoms with E-state index in [2.05, 4.69) is 4.72 Å². The molecule has 0 aromatic heterocycles. The molecule has 0 bridgehead atoms. The Labute approximate surface area is 111 Å². The monoisotopic (exact) mass is 293 g/mol. The van der Waals surface area contributed by atoms with E-state index in [9.17, 15) is 17.2 Å². The second-order valence-electron chi connectivity index (χ2n) is 4.33. The first-order chi connectivity index (χ1) is 8.75. The van der Waals surface area contributed by atoms with Crippen LogP contribution >= 0.6 is 0 Å². The van der Waals surface area contributed by atoms with E-state index in [1.165, 1.54) is 0 Å². The Morgan fingerprint density at radius 1 is 1.32 bits per heavy atom. The lowest BCUT2D eigenvalue weighted by Gasteiger charge is -2.11. The molecular weight excluding hydrogens is 276 g/mol. The third-order valence-corrected chi connectivity index (χ3v) is 3.93. The van der Waals surface area contributed by atoms with E-state index in [0.717, 1.165) is 12.1 Å². The molecule has 3 N–H and O–H groups in total. The van der Waals surface area contributed by atoms with Crippen LogP contribution in [0.4, 0.5) is 14.5 Å². The molecule has 19 heavy (non-hydrogen) atoms. The Hall–Kier alpha value is -1.25. The van der Waals surface area contributed by atoms with Crippen LogP contribution < -0.4 is 10.5 Å². The van der Waals surface area contributed by atoms with Crippen molar-refractivity contribution in [3.05, 3.63) is 23.8 Å². The average molecular weight is 293 g/mol. The molecule has 0 heterocycles. The van der Waals surface area contributed by atoms with Gasteiger partial charge < -0.3 is 10.6 Å². The number of nitrogens with zero attached hydrogens (tertiary/aromatic N) is 1. The minimum Gasteiger partial charge on any atom is -0.394 e. The summed E-state index contributed by atoms with van der Waals surface area (Å²) in [6, 6.07) is 1.68. The summed E-state index contributed by atoms with van der Waals surface area (Å²) < 4.78 is 52.4. The van der Waals surface area contributed by atoms with E-state index in [1.807, 2.05) is 19.0 Å². The molecular formula is C11H17F2N3O2S. The normalized spacial score (nSPS) is 12.1. The highest BCUT2D eigenvalue weighted by molar-refractivity contribution is 7.89. The van der Waals surface area contributed by atoms with Gasteiger partial charge in [0.15, 0.2) is 5.82 Å². The molecule has 0 saturated carbocycles. The predicted molar refractivity (Wildman–Crippen MR) is 69.1 cm³/mol. The lowest BCUT2D eigenvalue weighted by Crippen LogP contribution is -2.28. The van der Waals surface area contributed by atoms with Crippen LogP contribution in [0.3, 0.4) is 0 Å². The Morgan fingerprint density at radius 2 is 1.95 bits per heavy atom. The first-order valence-corrected chi connectivity index (χ1v) is 7.12. The molecule has 8 heteroatoms. The van der Waals surface area contributed by atoms with Crippen LogP contribution in [-0.4, -0.2) is 40.5 Å². The molecule has 1 aromatic carbocycles. The van der Waals surface area contributed by atoms with Crippen LogP contribution in [0.25, 0.3) is 0 Å². The van der Waals surface area contributed by atoms with Crippen LogP contribution in [0.5, 0.6) is 0 Å². The molecule has 5 nitrogen and oxygen atoms in total. The highest BCUT2D eigenvalue weighted by atomic mass is 32.2. The quantitative estimate of drug-likeness (QED) is 0.600. The summed E-state index contributed by atoms with van der Waals surface area (Å²) in [6.07, 6.45) is 0.574. The minimum absolute atomic E-state index is 0.164. The highest BCUT2D eigenvalue weighted by Gasteiger charge is 2.21. The van der Waals surface area contributed by atoms with Crippen molar-refractivity contribution in [2.24, 2.45) is 0 Å². The molecule has 1 rings (SSSR count). The molecule has 108 valence electrons. The molecule has 0 saturated heterocycles. The fourth-order valence-corrected chi connectivity index (χ4v) is 2.60. The van der Waals surface area contributed by atoms with Crippen LogP contribution in [0.1, 0.15) is 6.42 Å². The molecule has 0 radical (unpaired) electrons. The average Bonchev–Trinajstić information content (AvgIpc) is 2.31. The van der Waals surface area contributed by atoms with Crippen LogP contribution in [-0.2, 0) is 10.0 Å². The maximum absolute atomic E-state index is 13.6. The number of hydrogen-bond acceptors (Lipinski definition) is 4. The third kappa shape index (κ3) is 4.12. The molecule has 0 atom stereocenters. The van der Waals surface area contributed by atoms with Gasteiger partial charge in [-0.25, -0.2) is 21.9 Å². The predicted octanol–water partition coefficient (Wildman–Crippen LogP) is 0.777. The summed E-state index contributed by atoms with van der Waals surface area (Å²) in [5.41, 5.74) is 4.33. The van der Waals surface area contributed by atoms with Crippen molar-refractivity contribution >= 4 is 15.7 Å². The summed E-state index contributed by atoms with van der Waals surface area (Å²) in [6.45, 7) is 0.855. The van der Waals surface area contributed by atoms with Gasteiger partial charge in [-0.3, -0.25) is 0 Å². The minimum atomic E-state index is -4.02. The van der Waals surface area contributed by atoms with Crippen molar-refractivity contribution in [2.45, 2.75) is 11.3 Å². The zero-order chi connectivity index (χ0) is 14.6. The Bertz CT molecular complexity index is 547. The lowest BCUT2D eigenvalue weighted by atomic mass is 10.3. The van der Waals surface area contributed by atoms with E-state index in [-0.39, 0.29) is 6.54 Å². The fraction of sp³-hybridized carbons (Fsp3) is 0.455. The summed E-state index contributed by atoms with van der Waals surface area (Å²) in [4.78, 5) is 1.25. The zero-order valence-electron chi connectivity index (χ0n) is 10.8. The second kappa shape index (κ2) is 6.27. The van der Waals surface area contributed by atoms with E-state index in [0.29, 0.717) is 13.0 Å². The second-order valence-corrected chi connectivity index (χ2v) is 6.06. The number of benzene rings is 1. The van der Waals surface area contributed by atoms with Gasteiger partial charge in [-0.1, -0.05) is 0 Å². The molecule has 0 aliphatic heterocycles. The topological polar surface area (TPSA) is 75.4 Å². The van der Waals surface area contributed by atoms with Gasteiger partial charge in [0.25, 0.3) is 0 Å². The number of rotatable bonds is 6. The van der Waals surface area contributed by atoms with Gasteiger partial charge in [0.05, 0.1) is 0 Å². The van der Waals surface area contributed by atoms with Gasteiger partial charge in [0.2, 0.25) is 10.0 Å². The molecule has 0 unspecified atom stereocenters. The Kier molecular flexibility index (Phi) is 5.21. The zero-order valence-corrected chi connectivity index (χ0v) is 11.6. The van der Waals surface area contributed by atoms with E-state index < -0.39 is 32.2 Å². The van der Waals surface area contributed by atoms with E-state index in [4.69, 9.17) is 5.73 Å². The highest BCUT2D eigenvalue weighted by Crippen LogP contribution is 2.22. The largest absolute Gasteiger partial charge is 0.394 e. The molecule has 0 aliphatic rings. The summed E-state index contributed by atoms with van der Waals surface area (Å²) in [5, 5.41) is 0. The van der Waals surface area contributed by atoms with Crippen molar-refractivity contribution in [1.82, 2.24) is 9.62 Å². The number of hydrogen-bond donors (Lipinski definition) is 2. The van der Waals surface area contributed by atoms with Crippen molar-refractivity contribution in [3.63, 3.8) is 0 Å². The number of nitrogen functional groups attached to an aromatic ring is 1. The molecule has 0 spiro atoms. The van der Waals surface area contributed by atoms with Gasteiger partial charge in [0, 0.05) is 6.54 Å². The number of sulfonamides is 1. The molecule has 1 aromatic rings. The maximum Gasteiger partial charge on any atom is 0.243 e. The van der Waals surface area contributed by atoms with Crippen molar-refractivity contribution in [2.75, 3.05) is 32.9 Å². The van der Waals surface area contributed by atoms with Gasteiger partial charge in [-0.15, -0.1) is 0 Å². The molecule has 0 fully saturated rings. The van der Waals surface area contributed by atoms with Crippen LogP contribution in [0.15, 0.2) is 17.0 Å². The van der Waals surface area contributed by atoms with Crippen molar-refractivity contribution < 1.29 is 17.2 Å². The SMILES string of the molecule is CN(C)CCCNS(=O)(=O)c1ccc(F)c(N)c1F. The van der Waals surface area contributed by atoms with Crippen molar-refractivity contribution in [1.29, 1.82) is 0 Å². The Morgan fingerprint density at radius 3 is 2.53 bits per heavy atom. The molecule has 0 amide bonds. The summed E-state index contributed by atoms with van der Waals surface area (Å²) in [7, 11) is -0.306. The van der Waals surface area contributed by atoms with Gasteiger partial charge in [0.1, 0.15) is 16.4 Å². The maximum atomic E-state index is 13.6. The van der Waals surface area contributed by atoms with E-state index in [1.54, 1.807) is 0 Å². The van der Waals surface area contributed by atoms with Gasteiger partial charge in [-0.2, -0.15) is 0 Å².